The Kier molecular flexibility index (Phi) is 4.72. The molecule has 0 spiro atoms. The zero-order valence-electron chi connectivity index (χ0n) is 9.07. The fourth-order valence-corrected chi connectivity index (χ4v) is 2.37. The fourth-order valence-electron chi connectivity index (χ4n) is 1.14. The second-order valence-corrected chi connectivity index (χ2v) is 5.16. The first kappa shape index (κ1) is 14.2. The highest BCUT2D eigenvalue weighted by Gasteiger charge is 2.23. The molecule has 0 saturated carbocycles. The molecule has 5 nitrogen and oxygen atoms in total. The normalized spacial score (nSPS) is 11.3. The maximum atomic E-state index is 13.1. The molecule has 0 N–H and O–H groups in total. The fraction of sp³-hybridized carbons (Fsp3) is 0.333. The molecule has 0 unspecified atom stereocenters. The molecule has 0 heterocycles. The third kappa shape index (κ3) is 3.55. The van der Waals surface area contributed by atoms with Crippen LogP contribution in [0.3, 0.4) is 0 Å². The summed E-state index contributed by atoms with van der Waals surface area (Å²) in [5.41, 5.74) is 0. The van der Waals surface area contributed by atoms with E-state index in [-0.39, 0.29) is 18.3 Å². The van der Waals surface area contributed by atoms with Crippen molar-refractivity contribution in [2.24, 2.45) is 0 Å². The molecule has 0 aliphatic carbocycles. The maximum Gasteiger partial charge on any atom is 0.335 e. The lowest BCUT2D eigenvalue weighted by Gasteiger charge is -2.12. The Labute approximate surface area is 107 Å². The van der Waals surface area contributed by atoms with E-state index in [0.717, 1.165) is 6.07 Å². The van der Waals surface area contributed by atoms with Gasteiger partial charge in [0, 0.05) is 11.6 Å². The molecule has 0 radical (unpaired) electrons. The zero-order valence-corrected chi connectivity index (χ0v) is 11.5. The minimum absolute atomic E-state index is 0.0904. The minimum atomic E-state index is -4.91. The molecule has 0 saturated heterocycles. The molecule has 96 valence electrons. The summed E-state index contributed by atoms with van der Waals surface area (Å²) in [6, 6.07) is 2.54. The van der Waals surface area contributed by atoms with Crippen LogP contribution in [-0.4, -0.2) is 29.4 Å². The smallest absolute Gasteiger partial charge is 0.335 e. The molecule has 1 aromatic rings. The molecule has 0 aromatic heterocycles. The molecule has 0 bridgehead atoms. The van der Waals surface area contributed by atoms with E-state index in [2.05, 4.69) is 20.7 Å². The van der Waals surface area contributed by atoms with Crippen LogP contribution in [0.5, 0.6) is 11.5 Å². The van der Waals surface area contributed by atoms with Crippen molar-refractivity contribution in [3.63, 3.8) is 0 Å². The number of hydrogen-bond donors (Lipinski definition) is 0. The van der Waals surface area contributed by atoms with Gasteiger partial charge in [0.1, 0.15) is 4.90 Å². The van der Waals surface area contributed by atoms with Crippen LogP contribution >= 0.6 is 15.9 Å². The Morgan fingerprint density at radius 2 is 2.00 bits per heavy atom. The van der Waals surface area contributed by atoms with Crippen molar-refractivity contribution < 1.29 is 26.5 Å². The number of rotatable bonds is 5. The Morgan fingerprint density at radius 1 is 1.35 bits per heavy atom. The molecule has 8 heteroatoms. The number of methoxy groups -OCH3 is 2. The van der Waals surface area contributed by atoms with Crippen molar-refractivity contribution in [3.05, 3.63) is 16.6 Å². The van der Waals surface area contributed by atoms with Gasteiger partial charge in [0.05, 0.1) is 7.11 Å². The predicted octanol–water partition coefficient (Wildman–Crippen LogP) is 2.10. The van der Waals surface area contributed by atoms with Gasteiger partial charge in [-0.15, -0.1) is 3.89 Å². The van der Waals surface area contributed by atoms with E-state index in [1.54, 1.807) is 0 Å². The van der Waals surface area contributed by atoms with E-state index >= 15 is 0 Å². The monoisotopic (exact) mass is 328 g/mol. The van der Waals surface area contributed by atoms with Gasteiger partial charge in [0.25, 0.3) is 0 Å². The average molecular weight is 329 g/mol. The summed E-state index contributed by atoms with van der Waals surface area (Å²) in [4.78, 5) is -0.610. The van der Waals surface area contributed by atoms with Gasteiger partial charge < -0.3 is 14.2 Å². The molecule has 1 aromatic carbocycles. The predicted molar refractivity (Wildman–Crippen MR) is 61.5 cm³/mol. The highest BCUT2D eigenvalue weighted by molar-refractivity contribution is 9.10. The van der Waals surface area contributed by atoms with Gasteiger partial charge in [-0.25, -0.2) is 0 Å². The number of ether oxygens (including phenoxy) is 3. The third-order valence-corrected chi connectivity index (χ3v) is 3.08. The van der Waals surface area contributed by atoms with Crippen LogP contribution in [0.4, 0.5) is 3.89 Å². The van der Waals surface area contributed by atoms with E-state index in [0.29, 0.717) is 4.47 Å². The van der Waals surface area contributed by atoms with Crippen LogP contribution in [0.2, 0.25) is 0 Å². The standard InChI is InChI=1S/C9H10BrFO5S/c1-14-5-16-9-7(15-2)3-6(10)4-8(9)17(11,12)13/h3-4H,5H2,1-2H3. The summed E-state index contributed by atoms with van der Waals surface area (Å²) in [6.45, 7) is -0.222. The summed E-state index contributed by atoms with van der Waals surface area (Å²) in [6.07, 6.45) is 0. The first-order valence-electron chi connectivity index (χ1n) is 4.34. The van der Waals surface area contributed by atoms with Gasteiger partial charge in [-0.3, -0.25) is 0 Å². The lowest BCUT2D eigenvalue weighted by Crippen LogP contribution is -2.05. The average Bonchev–Trinajstić information content (AvgIpc) is 2.25. The van der Waals surface area contributed by atoms with Crippen LogP contribution in [0, 0.1) is 0 Å². The topological polar surface area (TPSA) is 61.8 Å². The molecule has 0 aliphatic heterocycles. The van der Waals surface area contributed by atoms with Crippen LogP contribution in [0.1, 0.15) is 0 Å². The van der Waals surface area contributed by atoms with E-state index in [1.165, 1.54) is 20.3 Å². The molecule has 0 fully saturated rings. The van der Waals surface area contributed by atoms with Crippen molar-refractivity contribution in [3.8, 4) is 11.5 Å². The summed E-state index contributed by atoms with van der Waals surface area (Å²) in [5.74, 6) is -0.132. The first-order valence-corrected chi connectivity index (χ1v) is 6.51. The number of hydrogen-bond acceptors (Lipinski definition) is 5. The van der Waals surface area contributed by atoms with Crippen molar-refractivity contribution in [1.82, 2.24) is 0 Å². The quantitative estimate of drug-likeness (QED) is 0.612. The lowest BCUT2D eigenvalue weighted by atomic mass is 10.3. The van der Waals surface area contributed by atoms with E-state index in [4.69, 9.17) is 9.47 Å². The van der Waals surface area contributed by atoms with Gasteiger partial charge in [-0.05, 0) is 12.1 Å². The Hall–Kier alpha value is -0.860. The molecule has 0 amide bonds. The van der Waals surface area contributed by atoms with Crippen molar-refractivity contribution in [2.45, 2.75) is 4.90 Å². The van der Waals surface area contributed by atoms with Gasteiger partial charge in [-0.1, -0.05) is 15.9 Å². The maximum absolute atomic E-state index is 13.1. The molecular weight excluding hydrogens is 319 g/mol. The number of benzene rings is 1. The molecular formula is C9H10BrFO5S. The van der Waals surface area contributed by atoms with Crippen molar-refractivity contribution >= 4 is 26.2 Å². The lowest BCUT2D eigenvalue weighted by molar-refractivity contribution is 0.0469. The second-order valence-electron chi connectivity index (χ2n) is 2.92. The van der Waals surface area contributed by atoms with E-state index in [1.807, 2.05) is 0 Å². The summed E-state index contributed by atoms with van der Waals surface area (Å²) in [5, 5.41) is 0. The summed E-state index contributed by atoms with van der Waals surface area (Å²) in [7, 11) is -2.24. The van der Waals surface area contributed by atoms with Gasteiger partial charge in [0.2, 0.25) is 0 Å². The first-order chi connectivity index (χ1) is 7.90. The summed E-state index contributed by atoms with van der Waals surface area (Å²) >= 11 is 3.05. The van der Waals surface area contributed by atoms with Crippen LogP contribution in [0.25, 0.3) is 0 Å². The molecule has 17 heavy (non-hydrogen) atoms. The minimum Gasteiger partial charge on any atom is -0.493 e. The Morgan fingerprint density at radius 3 is 2.47 bits per heavy atom. The molecule has 1 rings (SSSR count). The summed E-state index contributed by atoms with van der Waals surface area (Å²) < 4.78 is 49.9. The Balaban J connectivity index is 3.39. The van der Waals surface area contributed by atoms with Gasteiger partial charge in [0.15, 0.2) is 18.3 Å². The highest BCUT2D eigenvalue weighted by atomic mass is 79.9. The van der Waals surface area contributed by atoms with Crippen molar-refractivity contribution in [2.75, 3.05) is 21.0 Å². The Bertz CT molecular complexity index is 502. The highest BCUT2D eigenvalue weighted by Crippen LogP contribution is 2.38. The van der Waals surface area contributed by atoms with E-state index in [9.17, 15) is 12.3 Å². The van der Waals surface area contributed by atoms with E-state index < -0.39 is 15.1 Å². The molecule has 0 aliphatic rings. The van der Waals surface area contributed by atoms with Crippen molar-refractivity contribution in [1.29, 1.82) is 0 Å². The zero-order chi connectivity index (χ0) is 13.1. The molecule has 0 atom stereocenters. The van der Waals surface area contributed by atoms with Crippen LogP contribution < -0.4 is 9.47 Å². The van der Waals surface area contributed by atoms with Gasteiger partial charge in [-0.2, -0.15) is 8.42 Å². The van der Waals surface area contributed by atoms with Crippen LogP contribution in [-0.2, 0) is 15.0 Å². The number of halogens is 2. The third-order valence-electron chi connectivity index (χ3n) is 1.79. The SMILES string of the molecule is COCOc1c(OC)cc(Br)cc1S(=O)(=O)F. The van der Waals surface area contributed by atoms with Crippen LogP contribution in [0.15, 0.2) is 21.5 Å². The second kappa shape index (κ2) is 5.65. The largest absolute Gasteiger partial charge is 0.493 e. The van der Waals surface area contributed by atoms with Gasteiger partial charge >= 0.3 is 10.2 Å².